The minimum Gasteiger partial charge on any atom is -0.486 e. The molecule has 0 spiro atoms. The van der Waals surface area contributed by atoms with Gasteiger partial charge in [-0.05, 0) is 25.5 Å². The van der Waals surface area contributed by atoms with Crippen molar-refractivity contribution in [2.75, 3.05) is 39.0 Å². The second kappa shape index (κ2) is 9.00. The molecule has 0 amide bonds. The van der Waals surface area contributed by atoms with Gasteiger partial charge >= 0.3 is 0 Å². The first-order chi connectivity index (χ1) is 11.9. The van der Waals surface area contributed by atoms with E-state index in [1.807, 2.05) is 6.92 Å². The lowest BCUT2D eigenvalue weighted by atomic mass is 10.3. The first-order valence-electron chi connectivity index (χ1n) is 8.26. The molecule has 25 heavy (non-hydrogen) atoms. The summed E-state index contributed by atoms with van der Waals surface area (Å²) in [5, 5.41) is 6.15. The summed E-state index contributed by atoms with van der Waals surface area (Å²) in [6.07, 6.45) is 0.412. The molecule has 1 heterocycles. The standard InChI is InChI=1S/C16H25FN4O3S/c1-13(24-15-7-4-3-6-14(15)17)12-20-16(18-2)19-8-10-21-9-5-11-25(21,22)23/h3-4,6-7,13H,5,8-12H2,1-2H3,(H2,18,19,20). The smallest absolute Gasteiger partial charge is 0.214 e. The Hall–Kier alpha value is -1.87. The molecule has 0 bridgehead atoms. The van der Waals surface area contributed by atoms with E-state index in [1.165, 1.54) is 10.4 Å². The van der Waals surface area contributed by atoms with Gasteiger partial charge in [0.25, 0.3) is 0 Å². The van der Waals surface area contributed by atoms with Crippen LogP contribution in [0.25, 0.3) is 0 Å². The summed E-state index contributed by atoms with van der Waals surface area (Å²) in [7, 11) is -1.45. The molecule has 0 aromatic heterocycles. The van der Waals surface area contributed by atoms with E-state index in [4.69, 9.17) is 4.74 Å². The Labute approximate surface area is 148 Å². The van der Waals surface area contributed by atoms with Crippen LogP contribution >= 0.6 is 0 Å². The van der Waals surface area contributed by atoms with Gasteiger partial charge in [0.1, 0.15) is 6.10 Å². The maximum Gasteiger partial charge on any atom is 0.214 e. The van der Waals surface area contributed by atoms with Crippen molar-refractivity contribution in [1.29, 1.82) is 0 Å². The van der Waals surface area contributed by atoms with E-state index in [9.17, 15) is 12.8 Å². The molecule has 1 saturated heterocycles. The lowest BCUT2D eigenvalue weighted by molar-refractivity contribution is 0.214. The predicted octanol–water partition coefficient (Wildman–Crippen LogP) is 0.794. The molecule has 1 fully saturated rings. The van der Waals surface area contributed by atoms with E-state index in [0.717, 1.165) is 0 Å². The van der Waals surface area contributed by atoms with E-state index < -0.39 is 15.8 Å². The Morgan fingerprint density at radius 2 is 2.16 bits per heavy atom. The number of aliphatic imine (C=N–C) groups is 1. The molecule has 0 saturated carbocycles. The molecular formula is C16H25FN4O3S. The Bertz CT molecular complexity index is 696. The van der Waals surface area contributed by atoms with Crippen LogP contribution in [0.5, 0.6) is 5.75 Å². The highest BCUT2D eigenvalue weighted by molar-refractivity contribution is 7.89. The number of para-hydroxylation sites is 1. The molecule has 1 aliphatic rings. The van der Waals surface area contributed by atoms with Crippen molar-refractivity contribution in [1.82, 2.24) is 14.9 Å². The molecule has 0 aliphatic carbocycles. The van der Waals surface area contributed by atoms with E-state index in [0.29, 0.717) is 38.6 Å². The lowest BCUT2D eigenvalue weighted by Gasteiger charge is -2.19. The molecule has 1 aliphatic heterocycles. The van der Waals surface area contributed by atoms with Crippen molar-refractivity contribution in [3.8, 4) is 5.75 Å². The van der Waals surface area contributed by atoms with Crippen LogP contribution in [0.2, 0.25) is 0 Å². The molecule has 1 aromatic carbocycles. The van der Waals surface area contributed by atoms with Gasteiger partial charge in [0, 0.05) is 26.7 Å². The first-order valence-corrected chi connectivity index (χ1v) is 9.87. The number of ether oxygens (including phenoxy) is 1. The summed E-state index contributed by atoms with van der Waals surface area (Å²) in [6, 6.07) is 6.25. The third-order valence-corrected chi connectivity index (χ3v) is 5.76. The van der Waals surface area contributed by atoms with Gasteiger partial charge < -0.3 is 15.4 Å². The van der Waals surface area contributed by atoms with Crippen LogP contribution in [0, 0.1) is 5.82 Å². The Morgan fingerprint density at radius 3 is 2.80 bits per heavy atom. The Balaban J connectivity index is 1.72. The number of nitrogens with zero attached hydrogens (tertiary/aromatic N) is 2. The van der Waals surface area contributed by atoms with Gasteiger partial charge in [0.15, 0.2) is 17.5 Å². The number of guanidine groups is 1. The quantitative estimate of drug-likeness (QED) is 0.546. The summed E-state index contributed by atoms with van der Waals surface area (Å²) in [4.78, 5) is 4.08. The van der Waals surface area contributed by atoms with Gasteiger partial charge in [-0.1, -0.05) is 12.1 Å². The van der Waals surface area contributed by atoms with Gasteiger partial charge in [0.2, 0.25) is 10.0 Å². The van der Waals surface area contributed by atoms with Gasteiger partial charge in [0.05, 0.1) is 12.3 Å². The van der Waals surface area contributed by atoms with Gasteiger partial charge in [-0.25, -0.2) is 17.1 Å². The molecule has 7 nitrogen and oxygen atoms in total. The number of rotatable bonds is 7. The summed E-state index contributed by atoms with van der Waals surface area (Å²) < 4.78 is 44.0. The van der Waals surface area contributed by atoms with Gasteiger partial charge in [-0.3, -0.25) is 4.99 Å². The summed E-state index contributed by atoms with van der Waals surface area (Å²) in [5.74, 6) is 0.577. The number of halogens is 1. The first kappa shape index (κ1) is 19.5. The number of hydrogen-bond acceptors (Lipinski definition) is 4. The minimum absolute atomic E-state index is 0.207. The second-order valence-electron chi connectivity index (χ2n) is 5.81. The van der Waals surface area contributed by atoms with Crippen LogP contribution in [0.15, 0.2) is 29.3 Å². The van der Waals surface area contributed by atoms with Crippen LogP contribution in [-0.2, 0) is 10.0 Å². The molecule has 2 N–H and O–H groups in total. The average molecular weight is 372 g/mol. The molecule has 1 aromatic rings. The van der Waals surface area contributed by atoms with Crippen molar-refractivity contribution < 1.29 is 17.5 Å². The Kier molecular flexibility index (Phi) is 7.01. The van der Waals surface area contributed by atoms with Crippen LogP contribution in [0.1, 0.15) is 13.3 Å². The zero-order chi connectivity index (χ0) is 18.3. The van der Waals surface area contributed by atoms with E-state index >= 15 is 0 Å². The summed E-state index contributed by atoms with van der Waals surface area (Å²) in [5.41, 5.74) is 0. The molecule has 1 atom stereocenters. The fourth-order valence-corrected chi connectivity index (χ4v) is 4.03. The van der Waals surface area contributed by atoms with Crippen LogP contribution in [0.3, 0.4) is 0 Å². The van der Waals surface area contributed by atoms with E-state index in [1.54, 1.807) is 25.2 Å². The maximum atomic E-state index is 13.6. The predicted molar refractivity (Wildman–Crippen MR) is 95.8 cm³/mol. The zero-order valence-electron chi connectivity index (χ0n) is 14.5. The zero-order valence-corrected chi connectivity index (χ0v) is 15.4. The molecular weight excluding hydrogens is 347 g/mol. The Morgan fingerprint density at radius 1 is 1.40 bits per heavy atom. The van der Waals surface area contributed by atoms with Crippen molar-refractivity contribution in [3.63, 3.8) is 0 Å². The van der Waals surface area contributed by atoms with Crippen molar-refractivity contribution >= 4 is 16.0 Å². The van der Waals surface area contributed by atoms with Crippen molar-refractivity contribution in [2.24, 2.45) is 4.99 Å². The molecule has 2 rings (SSSR count). The highest BCUT2D eigenvalue weighted by Crippen LogP contribution is 2.16. The van der Waals surface area contributed by atoms with Gasteiger partial charge in [-0.15, -0.1) is 0 Å². The van der Waals surface area contributed by atoms with Crippen LogP contribution < -0.4 is 15.4 Å². The van der Waals surface area contributed by atoms with Crippen molar-refractivity contribution in [3.05, 3.63) is 30.1 Å². The highest BCUT2D eigenvalue weighted by atomic mass is 32.2. The monoisotopic (exact) mass is 372 g/mol. The van der Waals surface area contributed by atoms with E-state index in [2.05, 4.69) is 15.6 Å². The number of nitrogens with one attached hydrogen (secondary N) is 2. The van der Waals surface area contributed by atoms with Crippen LogP contribution in [-0.4, -0.2) is 63.8 Å². The maximum absolute atomic E-state index is 13.6. The minimum atomic E-state index is -3.08. The van der Waals surface area contributed by atoms with Crippen LogP contribution in [0.4, 0.5) is 4.39 Å². The van der Waals surface area contributed by atoms with Gasteiger partial charge in [-0.2, -0.15) is 0 Å². The topological polar surface area (TPSA) is 83.0 Å². The van der Waals surface area contributed by atoms with Crippen molar-refractivity contribution in [2.45, 2.75) is 19.4 Å². The number of sulfonamides is 1. The summed E-state index contributed by atoms with van der Waals surface area (Å²) in [6.45, 7) is 3.69. The molecule has 1 unspecified atom stereocenters. The molecule has 9 heteroatoms. The largest absolute Gasteiger partial charge is 0.486 e. The molecule has 140 valence electrons. The van der Waals surface area contributed by atoms with E-state index in [-0.39, 0.29) is 17.6 Å². The highest BCUT2D eigenvalue weighted by Gasteiger charge is 2.27. The third kappa shape index (κ3) is 5.86. The average Bonchev–Trinajstić information content (AvgIpc) is 2.91. The third-order valence-electron chi connectivity index (χ3n) is 3.80. The molecule has 0 radical (unpaired) electrons. The summed E-state index contributed by atoms with van der Waals surface area (Å²) >= 11 is 0. The fourth-order valence-electron chi connectivity index (χ4n) is 2.50. The second-order valence-corrected chi connectivity index (χ2v) is 7.90. The lowest BCUT2D eigenvalue weighted by Crippen LogP contribution is -2.44. The SMILES string of the molecule is CN=C(NCCN1CCCS1(=O)=O)NCC(C)Oc1ccccc1F. The number of benzene rings is 1. The normalized spacial score (nSPS) is 18.8. The number of hydrogen-bond donors (Lipinski definition) is 2. The fraction of sp³-hybridized carbons (Fsp3) is 0.562.